The Morgan fingerprint density at radius 2 is 1.62 bits per heavy atom. The summed E-state index contributed by atoms with van der Waals surface area (Å²) in [6.45, 7) is 9.65. The minimum absolute atomic E-state index is 0. The summed E-state index contributed by atoms with van der Waals surface area (Å²) in [5.74, 6) is -1.12. The Kier molecular flexibility index (Phi) is 9.39. The van der Waals surface area contributed by atoms with Gasteiger partial charge in [-0.1, -0.05) is 86.9 Å². The minimum atomic E-state index is -1.50. The van der Waals surface area contributed by atoms with Gasteiger partial charge < -0.3 is 9.97 Å². The molecule has 0 unspecified atom stereocenters. The summed E-state index contributed by atoms with van der Waals surface area (Å²) in [5.41, 5.74) is 6.68. The molecule has 0 amide bonds. The smallest absolute Gasteiger partial charge is 0.214 e. The predicted molar refractivity (Wildman–Crippen MR) is 195 cm³/mol. The van der Waals surface area contributed by atoms with E-state index in [9.17, 15) is 4.39 Å². The second-order valence-corrected chi connectivity index (χ2v) is 18.4. The minimum Gasteiger partial charge on any atom is -0.305 e. The first-order valence-corrected chi connectivity index (χ1v) is 19.4. The van der Waals surface area contributed by atoms with Gasteiger partial charge in [-0.05, 0) is 57.3 Å². The maximum atomic E-state index is 13.6. The van der Waals surface area contributed by atoms with Crippen molar-refractivity contribution in [3.05, 3.63) is 133 Å². The number of aryl methyl sites for hydroxylation is 1. The van der Waals surface area contributed by atoms with Crippen molar-refractivity contribution in [1.82, 2.24) is 15.0 Å². The largest absolute Gasteiger partial charge is 0.305 e. The molecule has 0 fully saturated rings. The molecule has 0 saturated heterocycles. The van der Waals surface area contributed by atoms with Crippen molar-refractivity contribution in [2.45, 2.75) is 46.3 Å². The number of pyridine rings is 3. The van der Waals surface area contributed by atoms with E-state index >= 15 is 0 Å². The maximum Gasteiger partial charge on any atom is 0.214 e. The molecule has 0 spiro atoms. The Hall–Kier alpha value is -3.87. The van der Waals surface area contributed by atoms with Crippen LogP contribution in [0.1, 0.15) is 35.0 Å². The third kappa shape index (κ3) is 7.50. The zero-order valence-electron chi connectivity index (χ0n) is 29.9. The monoisotopic (exact) mass is 833 g/mol. The van der Waals surface area contributed by atoms with Gasteiger partial charge in [0.25, 0.3) is 0 Å². The first kappa shape index (κ1) is 30.5. The molecule has 7 aromatic rings. The van der Waals surface area contributed by atoms with Crippen LogP contribution in [0.5, 0.6) is 0 Å². The SMILES string of the molecule is [2H]C(C)(C)c1cc(-c2[c-]cccc2)ncc1[Si](C)(C)C.[2H]C([2H])c1cc(-c2[c-]ccc3c2sc2nc(F)ccc23)ncc1-c1ccccc1.[Ir]. The Balaban J connectivity index is 0.000000204. The molecule has 0 aliphatic heterocycles. The number of aromatic nitrogens is 3. The molecule has 7 heteroatoms. The Morgan fingerprint density at radius 3 is 2.32 bits per heavy atom. The molecule has 0 bridgehead atoms. The van der Waals surface area contributed by atoms with Crippen LogP contribution in [0.3, 0.4) is 0 Å². The molecule has 7 rings (SSSR count). The van der Waals surface area contributed by atoms with Crippen molar-refractivity contribution < 1.29 is 28.6 Å². The van der Waals surface area contributed by atoms with E-state index in [1.807, 2.05) is 86.8 Å². The van der Waals surface area contributed by atoms with Gasteiger partial charge in [0.1, 0.15) is 4.83 Å². The number of rotatable bonds is 5. The topological polar surface area (TPSA) is 38.7 Å². The van der Waals surface area contributed by atoms with Gasteiger partial charge in [0.05, 0.1) is 8.07 Å². The number of hydrogen-bond donors (Lipinski definition) is 0. The molecule has 4 heterocycles. The maximum absolute atomic E-state index is 13.6. The molecule has 239 valence electrons. The Morgan fingerprint density at radius 1 is 0.851 bits per heavy atom. The van der Waals surface area contributed by atoms with Crippen LogP contribution < -0.4 is 5.19 Å². The average Bonchev–Trinajstić information content (AvgIpc) is 3.46. The summed E-state index contributed by atoms with van der Waals surface area (Å²) in [5, 5.41) is 3.13. The van der Waals surface area contributed by atoms with Crippen LogP contribution in [0.2, 0.25) is 19.6 Å². The molecule has 3 nitrogen and oxygen atoms in total. The van der Waals surface area contributed by atoms with E-state index in [1.54, 1.807) is 18.3 Å². The Labute approximate surface area is 299 Å². The summed E-state index contributed by atoms with van der Waals surface area (Å²) < 4.78 is 39.0. The van der Waals surface area contributed by atoms with Gasteiger partial charge in [0.15, 0.2) is 0 Å². The van der Waals surface area contributed by atoms with Gasteiger partial charge in [-0.25, -0.2) is 4.98 Å². The predicted octanol–water partition coefficient (Wildman–Crippen LogP) is 10.6. The molecular formula is C40H36FIrN3SSi-2. The summed E-state index contributed by atoms with van der Waals surface area (Å²) in [6, 6.07) is 34.7. The Bertz CT molecular complexity index is 2250. The fraction of sp³-hybridized carbons (Fsp3) is 0.175. The van der Waals surface area contributed by atoms with Crippen molar-refractivity contribution in [2.75, 3.05) is 0 Å². The molecule has 4 aromatic heterocycles. The molecule has 3 aromatic carbocycles. The van der Waals surface area contributed by atoms with E-state index in [-0.39, 0.29) is 20.1 Å². The molecule has 47 heavy (non-hydrogen) atoms. The summed E-state index contributed by atoms with van der Waals surface area (Å²) in [7, 11) is -1.50. The number of fused-ring (bicyclic) bond motifs is 3. The average molecular weight is 833 g/mol. The van der Waals surface area contributed by atoms with Crippen LogP contribution in [0.4, 0.5) is 4.39 Å². The number of hydrogen-bond acceptors (Lipinski definition) is 4. The van der Waals surface area contributed by atoms with Crippen molar-refractivity contribution in [1.29, 1.82) is 0 Å². The molecular weight excluding hydrogens is 794 g/mol. The van der Waals surface area contributed by atoms with E-state index in [4.69, 9.17) is 4.11 Å². The first-order chi connectivity index (χ1) is 23.3. The standard InChI is InChI=1S/C23H14FN2S.C17H22NSi.Ir/c1-14-12-20(25-13-19(14)15-6-3-2-4-7-15)18-9-5-8-16-17-10-11-21(24)26-23(17)27-22(16)18;1-13(2)15-11-16(14-9-7-6-8-10-14)18-12-17(15)19(3,4)5;/h2-8,10-13H,1H3;6-9,11-13H,1-5H3;/q2*-1;/i1D2;13D;. The van der Waals surface area contributed by atoms with Crippen LogP contribution in [-0.4, -0.2) is 23.0 Å². The molecule has 0 N–H and O–H groups in total. The normalized spacial score (nSPS) is 12.5. The van der Waals surface area contributed by atoms with Crippen LogP contribution >= 0.6 is 11.3 Å². The van der Waals surface area contributed by atoms with Crippen molar-refractivity contribution >= 4 is 44.9 Å². The van der Waals surface area contributed by atoms with E-state index in [2.05, 4.69) is 52.8 Å². The van der Waals surface area contributed by atoms with Gasteiger partial charge >= 0.3 is 0 Å². The van der Waals surface area contributed by atoms with Gasteiger partial charge in [0.2, 0.25) is 5.95 Å². The van der Waals surface area contributed by atoms with E-state index in [1.165, 1.54) is 22.6 Å². The van der Waals surface area contributed by atoms with Gasteiger partial charge in [0, 0.05) is 47.6 Å². The zero-order chi connectivity index (χ0) is 34.9. The van der Waals surface area contributed by atoms with E-state index < -0.39 is 26.8 Å². The summed E-state index contributed by atoms with van der Waals surface area (Å²) in [4.78, 5) is 13.9. The number of nitrogens with zero attached hydrogens (tertiary/aromatic N) is 3. The number of halogens is 1. The van der Waals surface area contributed by atoms with Crippen molar-refractivity contribution in [2.24, 2.45) is 0 Å². The zero-order valence-corrected chi connectivity index (χ0v) is 31.1. The third-order valence-corrected chi connectivity index (χ3v) is 10.9. The van der Waals surface area contributed by atoms with Gasteiger partial charge in [-0.2, -0.15) is 15.7 Å². The fourth-order valence-corrected chi connectivity index (χ4v) is 8.17. The van der Waals surface area contributed by atoms with E-state index in [0.29, 0.717) is 16.1 Å². The third-order valence-electron chi connectivity index (χ3n) is 7.78. The van der Waals surface area contributed by atoms with Gasteiger partial charge in [-0.3, -0.25) is 0 Å². The molecule has 1 radical (unpaired) electrons. The fourth-order valence-electron chi connectivity index (χ4n) is 5.42. The molecule has 0 atom stereocenters. The van der Waals surface area contributed by atoms with Crippen molar-refractivity contribution in [3.8, 4) is 33.6 Å². The first-order valence-electron chi connectivity index (χ1n) is 16.7. The number of benzene rings is 3. The van der Waals surface area contributed by atoms with E-state index in [0.717, 1.165) is 49.0 Å². The summed E-state index contributed by atoms with van der Waals surface area (Å²) >= 11 is 1.40. The second-order valence-electron chi connectivity index (χ2n) is 12.3. The second kappa shape index (κ2) is 14.5. The quantitative estimate of drug-likeness (QED) is 0.0985. The molecule has 0 saturated carbocycles. The van der Waals surface area contributed by atoms with Crippen molar-refractivity contribution in [3.63, 3.8) is 0 Å². The van der Waals surface area contributed by atoms with Crippen LogP contribution in [0.25, 0.3) is 53.9 Å². The van der Waals surface area contributed by atoms with Crippen LogP contribution in [0, 0.1) is 25.0 Å². The van der Waals surface area contributed by atoms with Crippen LogP contribution in [-0.2, 0) is 20.1 Å². The molecule has 0 aliphatic carbocycles. The molecule has 0 aliphatic rings. The number of thiophene rings is 1. The summed E-state index contributed by atoms with van der Waals surface area (Å²) in [6.07, 6.45) is 3.70. The van der Waals surface area contributed by atoms with Gasteiger partial charge in [-0.15, -0.1) is 59.7 Å². The van der Waals surface area contributed by atoms with Crippen LogP contribution in [0.15, 0.2) is 103 Å².